The Labute approximate surface area is 185 Å². The van der Waals surface area contributed by atoms with Crippen molar-refractivity contribution in [1.29, 1.82) is 0 Å². The molecule has 2 atom stereocenters. The van der Waals surface area contributed by atoms with Gasteiger partial charge in [-0.3, -0.25) is 10.2 Å². The number of hydrogen-bond acceptors (Lipinski definition) is 5. The van der Waals surface area contributed by atoms with Crippen LogP contribution in [-0.4, -0.2) is 38.8 Å². The lowest BCUT2D eigenvalue weighted by atomic mass is 9.99. The lowest BCUT2D eigenvalue weighted by Gasteiger charge is -2.36. The molecular weight excluding hydrogens is 386 g/mol. The van der Waals surface area contributed by atoms with Crippen molar-refractivity contribution in [3.05, 3.63) is 71.8 Å². The van der Waals surface area contributed by atoms with Crippen molar-refractivity contribution in [2.45, 2.75) is 31.5 Å². The molecule has 0 amide bonds. The second-order valence-electron chi connectivity index (χ2n) is 8.17. The second kappa shape index (κ2) is 10.1. The molecule has 164 valence electrons. The summed E-state index contributed by atoms with van der Waals surface area (Å²) < 4.78 is 11.2. The van der Waals surface area contributed by atoms with E-state index >= 15 is 0 Å². The van der Waals surface area contributed by atoms with Crippen LogP contribution in [0, 0.1) is 0 Å². The quantitative estimate of drug-likeness (QED) is 0.521. The summed E-state index contributed by atoms with van der Waals surface area (Å²) in [6.45, 7) is 2.89. The van der Waals surface area contributed by atoms with Crippen molar-refractivity contribution in [2.24, 2.45) is 5.73 Å². The molecule has 1 fully saturated rings. The van der Waals surface area contributed by atoms with Gasteiger partial charge in [0.1, 0.15) is 11.5 Å². The molecule has 1 heterocycles. The number of nitrogens with zero attached hydrogens (tertiary/aromatic N) is 1. The molecule has 3 aromatic rings. The maximum absolute atomic E-state index is 6.66. The van der Waals surface area contributed by atoms with Crippen LogP contribution < -0.4 is 20.5 Å². The Hall–Kier alpha value is -2.60. The van der Waals surface area contributed by atoms with E-state index < -0.39 is 0 Å². The molecule has 1 aliphatic heterocycles. The Balaban J connectivity index is 1.61. The molecule has 1 saturated heterocycles. The zero-order chi connectivity index (χ0) is 21.6. The second-order valence-corrected chi connectivity index (χ2v) is 8.17. The van der Waals surface area contributed by atoms with Crippen molar-refractivity contribution in [3.8, 4) is 11.5 Å². The van der Waals surface area contributed by atoms with Gasteiger partial charge in [-0.2, -0.15) is 0 Å². The normalized spacial score (nSPS) is 16.7. The number of rotatable bonds is 8. The van der Waals surface area contributed by atoms with Crippen molar-refractivity contribution in [3.63, 3.8) is 0 Å². The van der Waals surface area contributed by atoms with Gasteiger partial charge in [0.15, 0.2) is 0 Å². The zero-order valence-electron chi connectivity index (χ0n) is 18.5. The van der Waals surface area contributed by atoms with Crippen LogP contribution in [0.15, 0.2) is 60.7 Å². The molecule has 5 heteroatoms. The molecule has 2 unspecified atom stereocenters. The smallest absolute Gasteiger partial charge is 0.123 e. The van der Waals surface area contributed by atoms with Crippen molar-refractivity contribution < 1.29 is 9.47 Å². The molecule has 3 N–H and O–H groups in total. The minimum atomic E-state index is -0.255. The average molecular weight is 420 g/mol. The van der Waals surface area contributed by atoms with Crippen LogP contribution in [0.4, 0.5) is 0 Å². The molecule has 4 rings (SSSR count). The minimum Gasteiger partial charge on any atom is -0.497 e. The summed E-state index contributed by atoms with van der Waals surface area (Å²) in [7, 11) is 3.43. The van der Waals surface area contributed by atoms with Gasteiger partial charge in [-0.05, 0) is 60.5 Å². The molecule has 3 aromatic carbocycles. The number of likely N-dealkylation sites (tertiary alicyclic amines) is 1. The third-order valence-electron chi connectivity index (χ3n) is 6.32. The highest BCUT2D eigenvalue weighted by Crippen LogP contribution is 2.34. The molecule has 0 saturated carbocycles. The fourth-order valence-electron chi connectivity index (χ4n) is 4.64. The number of piperidine rings is 1. The van der Waals surface area contributed by atoms with Crippen molar-refractivity contribution in [1.82, 2.24) is 10.2 Å². The van der Waals surface area contributed by atoms with Crippen LogP contribution in [-0.2, 0) is 0 Å². The zero-order valence-corrected chi connectivity index (χ0v) is 18.5. The van der Waals surface area contributed by atoms with Crippen LogP contribution >= 0.6 is 0 Å². The standard InChI is InChI=1S/C26H33N3O2/c1-30-20-13-14-25(31-2)23(17-20)24(29-15-6-3-7-16-29)18-28-26(27)22-12-8-10-19-9-4-5-11-21(19)22/h4-5,8-14,17,24,26,28H,3,6-7,15-16,18,27H2,1-2H3. The molecule has 5 nitrogen and oxygen atoms in total. The summed E-state index contributed by atoms with van der Waals surface area (Å²) >= 11 is 0. The maximum Gasteiger partial charge on any atom is 0.123 e. The third kappa shape index (κ3) is 4.85. The van der Waals surface area contributed by atoms with Gasteiger partial charge in [0.2, 0.25) is 0 Å². The van der Waals surface area contributed by atoms with E-state index in [4.69, 9.17) is 15.2 Å². The lowest BCUT2D eigenvalue weighted by Crippen LogP contribution is -2.41. The van der Waals surface area contributed by atoms with E-state index in [-0.39, 0.29) is 12.2 Å². The van der Waals surface area contributed by atoms with E-state index in [1.807, 2.05) is 12.1 Å². The summed E-state index contributed by atoms with van der Waals surface area (Å²) in [5, 5.41) is 6.02. The number of benzene rings is 3. The van der Waals surface area contributed by atoms with E-state index in [1.165, 1.54) is 30.0 Å². The fourth-order valence-corrected chi connectivity index (χ4v) is 4.64. The van der Waals surface area contributed by atoms with Gasteiger partial charge < -0.3 is 15.2 Å². The Morgan fingerprint density at radius 3 is 2.45 bits per heavy atom. The lowest BCUT2D eigenvalue weighted by molar-refractivity contribution is 0.155. The molecule has 0 bridgehead atoms. The number of hydrogen-bond donors (Lipinski definition) is 2. The maximum atomic E-state index is 6.66. The van der Waals surface area contributed by atoms with Crippen LogP contribution in [0.2, 0.25) is 0 Å². The molecule has 0 radical (unpaired) electrons. The van der Waals surface area contributed by atoms with Gasteiger partial charge in [-0.25, -0.2) is 0 Å². The van der Waals surface area contributed by atoms with Gasteiger partial charge >= 0.3 is 0 Å². The van der Waals surface area contributed by atoms with Gasteiger partial charge in [-0.1, -0.05) is 48.9 Å². The highest BCUT2D eigenvalue weighted by Gasteiger charge is 2.26. The highest BCUT2D eigenvalue weighted by atomic mass is 16.5. The summed E-state index contributed by atoms with van der Waals surface area (Å²) in [5.41, 5.74) is 8.92. The van der Waals surface area contributed by atoms with E-state index in [9.17, 15) is 0 Å². The van der Waals surface area contributed by atoms with Gasteiger partial charge in [0, 0.05) is 12.1 Å². The first-order valence-corrected chi connectivity index (χ1v) is 11.1. The molecule has 31 heavy (non-hydrogen) atoms. The first-order chi connectivity index (χ1) is 15.2. The van der Waals surface area contributed by atoms with Crippen LogP contribution in [0.3, 0.4) is 0 Å². The van der Waals surface area contributed by atoms with E-state index in [0.29, 0.717) is 0 Å². The number of ether oxygens (including phenoxy) is 2. The monoisotopic (exact) mass is 419 g/mol. The number of nitrogens with one attached hydrogen (secondary N) is 1. The first-order valence-electron chi connectivity index (χ1n) is 11.1. The van der Waals surface area contributed by atoms with Gasteiger partial charge in [0.25, 0.3) is 0 Å². The van der Waals surface area contributed by atoms with Crippen molar-refractivity contribution in [2.75, 3.05) is 33.9 Å². The van der Waals surface area contributed by atoms with E-state index in [0.717, 1.165) is 42.3 Å². The molecule has 0 aliphatic carbocycles. The number of fused-ring (bicyclic) bond motifs is 1. The largest absolute Gasteiger partial charge is 0.497 e. The van der Waals surface area contributed by atoms with Gasteiger partial charge in [0.05, 0.1) is 26.4 Å². The summed E-state index contributed by atoms with van der Waals surface area (Å²) in [6.07, 6.45) is 3.48. The minimum absolute atomic E-state index is 0.159. The topological polar surface area (TPSA) is 59.8 Å². The highest BCUT2D eigenvalue weighted by molar-refractivity contribution is 5.86. The van der Waals surface area contributed by atoms with Gasteiger partial charge in [-0.15, -0.1) is 0 Å². The molecule has 1 aliphatic rings. The Morgan fingerprint density at radius 1 is 0.903 bits per heavy atom. The Kier molecular flexibility index (Phi) is 7.07. The summed E-state index contributed by atoms with van der Waals surface area (Å²) in [4.78, 5) is 2.55. The summed E-state index contributed by atoms with van der Waals surface area (Å²) in [6, 6.07) is 20.9. The molecular formula is C26H33N3O2. The predicted octanol–water partition coefficient (Wildman–Crippen LogP) is 4.63. The SMILES string of the molecule is COc1ccc(OC)c(C(CNC(N)c2cccc3ccccc23)N2CCCCC2)c1. The Bertz CT molecular complexity index is 996. The number of nitrogens with two attached hydrogens (primary N) is 1. The van der Waals surface area contributed by atoms with Crippen LogP contribution in [0.1, 0.15) is 42.6 Å². The third-order valence-corrected chi connectivity index (χ3v) is 6.32. The fraction of sp³-hybridized carbons (Fsp3) is 0.385. The van der Waals surface area contributed by atoms with Crippen LogP contribution in [0.25, 0.3) is 10.8 Å². The molecule has 0 aromatic heterocycles. The van der Waals surface area contributed by atoms with Crippen molar-refractivity contribution >= 4 is 10.8 Å². The van der Waals surface area contributed by atoms with E-state index in [1.54, 1.807) is 14.2 Å². The summed E-state index contributed by atoms with van der Waals surface area (Å²) in [5.74, 6) is 1.73. The molecule has 0 spiro atoms. The first kappa shape index (κ1) is 21.6. The van der Waals surface area contributed by atoms with Crippen LogP contribution in [0.5, 0.6) is 11.5 Å². The number of methoxy groups -OCH3 is 2. The van der Waals surface area contributed by atoms with E-state index in [2.05, 4.69) is 58.7 Å². The average Bonchev–Trinajstić information content (AvgIpc) is 2.84. The predicted molar refractivity (Wildman–Crippen MR) is 127 cm³/mol. The Morgan fingerprint density at radius 2 is 1.68 bits per heavy atom.